The molecule has 0 saturated heterocycles. The predicted molar refractivity (Wildman–Crippen MR) is 76.9 cm³/mol. The van der Waals surface area contributed by atoms with E-state index in [9.17, 15) is 0 Å². The molecule has 0 heterocycles. The summed E-state index contributed by atoms with van der Waals surface area (Å²) in [5.41, 5.74) is 6.70. The van der Waals surface area contributed by atoms with Gasteiger partial charge in [0.2, 0.25) is 0 Å². The number of methoxy groups -OCH3 is 1. The lowest BCUT2D eigenvalue weighted by atomic mass is 10.1. The Balaban J connectivity index is 1.80. The van der Waals surface area contributed by atoms with Gasteiger partial charge in [-0.15, -0.1) is 0 Å². The third-order valence-corrected chi connectivity index (χ3v) is 3.05. The first-order valence-corrected chi connectivity index (χ1v) is 6.35. The standard InChI is InChI=1S/C13H17N3OS/c1-17-7-6-14-13(18)16-15-12-8-10-4-2-3-5-11(10)9-12/h2-5H,6-9H2,1H3,(H2,14,16,18). The Labute approximate surface area is 112 Å². The van der Waals surface area contributed by atoms with Gasteiger partial charge in [-0.25, -0.2) is 0 Å². The minimum atomic E-state index is 0.538. The Morgan fingerprint density at radius 2 is 2.00 bits per heavy atom. The summed E-state index contributed by atoms with van der Waals surface area (Å²) in [6.07, 6.45) is 1.81. The van der Waals surface area contributed by atoms with E-state index in [1.807, 2.05) is 0 Å². The van der Waals surface area contributed by atoms with Crippen molar-refractivity contribution in [3.63, 3.8) is 0 Å². The molecule has 18 heavy (non-hydrogen) atoms. The van der Waals surface area contributed by atoms with Gasteiger partial charge >= 0.3 is 0 Å². The van der Waals surface area contributed by atoms with Gasteiger partial charge in [0.15, 0.2) is 5.11 Å². The number of fused-ring (bicyclic) bond motifs is 1. The van der Waals surface area contributed by atoms with Crippen molar-refractivity contribution in [1.82, 2.24) is 10.7 Å². The second-order valence-corrected chi connectivity index (χ2v) is 4.57. The van der Waals surface area contributed by atoms with E-state index >= 15 is 0 Å². The van der Waals surface area contributed by atoms with E-state index in [1.165, 1.54) is 11.1 Å². The van der Waals surface area contributed by atoms with Crippen LogP contribution < -0.4 is 10.7 Å². The molecule has 0 radical (unpaired) electrons. The number of hydrogen-bond acceptors (Lipinski definition) is 3. The van der Waals surface area contributed by atoms with Crippen LogP contribution in [-0.4, -0.2) is 31.1 Å². The molecular formula is C13H17N3OS. The van der Waals surface area contributed by atoms with Crippen LogP contribution in [0.4, 0.5) is 0 Å². The average molecular weight is 263 g/mol. The highest BCUT2D eigenvalue weighted by molar-refractivity contribution is 7.80. The maximum atomic E-state index is 5.10. The smallest absolute Gasteiger partial charge is 0.187 e. The monoisotopic (exact) mass is 263 g/mol. The lowest BCUT2D eigenvalue weighted by Gasteiger charge is -2.06. The Bertz CT molecular complexity index is 432. The molecule has 0 unspecified atom stereocenters. The SMILES string of the molecule is COCCNC(=S)NN=C1Cc2ccccc2C1. The van der Waals surface area contributed by atoms with Gasteiger partial charge in [-0.2, -0.15) is 5.10 Å². The molecule has 2 N–H and O–H groups in total. The number of nitrogens with zero attached hydrogens (tertiary/aromatic N) is 1. The molecule has 0 bridgehead atoms. The van der Waals surface area contributed by atoms with Crippen molar-refractivity contribution in [2.24, 2.45) is 5.10 Å². The van der Waals surface area contributed by atoms with Crippen molar-refractivity contribution in [1.29, 1.82) is 0 Å². The number of thiocarbonyl (C=S) groups is 1. The number of hydrazone groups is 1. The van der Waals surface area contributed by atoms with Crippen LogP contribution in [0.5, 0.6) is 0 Å². The summed E-state index contributed by atoms with van der Waals surface area (Å²) in [6.45, 7) is 1.32. The Morgan fingerprint density at radius 3 is 2.61 bits per heavy atom. The van der Waals surface area contributed by atoms with Crippen molar-refractivity contribution >= 4 is 23.0 Å². The second kappa shape index (κ2) is 6.47. The van der Waals surface area contributed by atoms with Crippen LogP contribution in [0.1, 0.15) is 11.1 Å². The molecule has 2 rings (SSSR count). The van der Waals surface area contributed by atoms with Crippen molar-refractivity contribution in [2.75, 3.05) is 20.3 Å². The van der Waals surface area contributed by atoms with Crippen LogP contribution in [0, 0.1) is 0 Å². The molecule has 0 aliphatic heterocycles. The molecule has 5 heteroatoms. The molecule has 0 amide bonds. The van der Waals surface area contributed by atoms with Crippen LogP contribution in [0.3, 0.4) is 0 Å². The summed E-state index contributed by atoms with van der Waals surface area (Å²) in [5.74, 6) is 0. The highest BCUT2D eigenvalue weighted by Crippen LogP contribution is 2.19. The van der Waals surface area contributed by atoms with Crippen LogP contribution >= 0.6 is 12.2 Å². The molecule has 0 spiro atoms. The zero-order chi connectivity index (χ0) is 12.8. The van der Waals surface area contributed by atoms with E-state index in [1.54, 1.807) is 7.11 Å². The van der Waals surface area contributed by atoms with E-state index in [4.69, 9.17) is 17.0 Å². The fourth-order valence-electron chi connectivity index (χ4n) is 1.92. The normalized spacial score (nSPS) is 13.1. The summed E-state index contributed by atoms with van der Waals surface area (Å²) in [7, 11) is 1.66. The first kappa shape index (κ1) is 13.0. The van der Waals surface area contributed by atoms with Gasteiger partial charge in [-0.3, -0.25) is 5.43 Å². The van der Waals surface area contributed by atoms with Gasteiger partial charge in [0.05, 0.1) is 6.61 Å². The number of hydrogen-bond donors (Lipinski definition) is 2. The van der Waals surface area contributed by atoms with Crippen LogP contribution in [0.15, 0.2) is 29.4 Å². The molecule has 4 nitrogen and oxygen atoms in total. The van der Waals surface area contributed by atoms with Crippen molar-refractivity contribution in [3.05, 3.63) is 35.4 Å². The Morgan fingerprint density at radius 1 is 1.33 bits per heavy atom. The summed E-state index contributed by atoms with van der Waals surface area (Å²) >= 11 is 5.10. The summed E-state index contributed by atoms with van der Waals surface area (Å²) in [4.78, 5) is 0. The second-order valence-electron chi connectivity index (χ2n) is 4.16. The van der Waals surface area contributed by atoms with Gasteiger partial charge < -0.3 is 10.1 Å². The Hall–Kier alpha value is -1.46. The van der Waals surface area contributed by atoms with Gasteiger partial charge in [0, 0.05) is 32.2 Å². The molecular weight excluding hydrogens is 246 g/mol. The van der Waals surface area contributed by atoms with Crippen LogP contribution in [0.25, 0.3) is 0 Å². The molecule has 1 aliphatic rings. The highest BCUT2D eigenvalue weighted by Gasteiger charge is 2.15. The molecule has 1 aromatic rings. The van der Waals surface area contributed by atoms with E-state index in [-0.39, 0.29) is 0 Å². The molecule has 1 aromatic carbocycles. The van der Waals surface area contributed by atoms with E-state index in [0.717, 1.165) is 18.6 Å². The van der Waals surface area contributed by atoms with Crippen LogP contribution in [0.2, 0.25) is 0 Å². The van der Waals surface area contributed by atoms with Gasteiger partial charge in [0.25, 0.3) is 0 Å². The zero-order valence-electron chi connectivity index (χ0n) is 10.4. The molecule has 0 saturated carbocycles. The molecule has 1 aliphatic carbocycles. The molecule has 0 fully saturated rings. The van der Waals surface area contributed by atoms with E-state index < -0.39 is 0 Å². The third kappa shape index (κ3) is 3.51. The highest BCUT2D eigenvalue weighted by atomic mass is 32.1. The largest absolute Gasteiger partial charge is 0.383 e. The average Bonchev–Trinajstić information content (AvgIpc) is 2.79. The minimum Gasteiger partial charge on any atom is -0.383 e. The lowest BCUT2D eigenvalue weighted by molar-refractivity contribution is 0.204. The van der Waals surface area contributed by atoms with Crippen molar-refractivity contribution in [2.45, 2.75) is 12.8 Å². The number of nitrogens with one attached hydrogen (secondary N) is 2. The van der Waals surface area contributed by atoms with E-state index in [2.05, 4.69) is 40.1 Å². The number of benzene rings is 1. The lowest BCUT2D eigenvalue weighted by Crippen LogP contribution is -2.34. The zero-order valence-corrected chi connectivity index (χ0v) is 11.2. The van der Waals surface area contributed by atoms with Crippen molar-refractivity contribution < 1.29 is 4.74 Å². The summed E-state index contributed by atoms with van der Waals surface area (Å²) in [5, 5.41) is 7.89. The fourth-order valence-corrected chi connectivity index (χ4v) is 2.07. The quantitative estimate of drug-likeness (QED) is 0.487. The van der Waals surface area contributed by atoms with Crippen molar-refractivity contribution in [3.8, 4) is 0 Å². The Kier molecular flexibility index (Phi) is 4.66. The minimum absolute atomic E-state index is 0.538. The molecule has 96 valence electrons. The summed E-state index contributed by atoms with van der Waals surface area (Å²) < 4.78 is 4.93. The molecule has 0 aromatic heterocycles. The third-order valence-electron chi connectivity index (χ3n) is 2.81. The van der Waals surface area contributed by atoms with Gasteiger partial charge in [-0.05, 0) is 23.3 Å². The maximum absolute atomic E-state index is 5.10. The first-order chi connectivity index (χ1) is 8.79. The predicted octanol–water partition coefficient (Wildman–Crippen LogP) is 1.25. The summed E-state index contributed by atoms with van der Waals surface area (Å²) in [6, 6.07) is 8.41. The first-order valence-electron chi connectivity index (χ1n) is 5.94. The molecule has 0 atom stereocenters. The topological polar surface area (TPSA) is 45.6 Å². The van der Waals surface area contributed by atoms with Gasteiger partial charge in [-0.1, -0.05) is 24.3 Å². The van der Waals surface area contributed by atoms with Gasteiger partial charge in [0.1, 0.15) is 0 Å². The fraction of sp³-hybridized carbons (Fsp3) is 0.385. The number of rotatable bonds is 4. The van der Waals surface area contributed by atoms with E-state index in [0.29, 0.717) is 18.3 Å². The number of ether oxygens (including phenoxy) is 1. The van der Waals surface area contributed by atoms with Crippen LogP contribution in [-0.2, 0) is 17.6 Å². The maximum Gasteiger partial charge on any atom is 0.187 e.